The predicted molar refractivity (Wildman–Crippen MR) is 122 cm³/mol. The van der Waals surface area contributed by atoms with Crippen molar-refractivity contribution in [3.63, 3.8) is 0 Å². The molecule has 1 amide bonds. The largest absolute Gasteiger partial charge is 0.497 e. The molecule has 2 heterocycles. The van der Waals surface area contributed by atoms with Crippen LogP contribution in [-0.2, 0) is 4.79 Å². The number of pyridine rings is 1. The number of thioether (sulfide) groups is 1. The molecule has 0 atom stereocenters. The van der Waals surface area contributed by atoms with Crippen LogP contribution in [-0.4, -0.2) is 33.4 Å². The summed E-state index contributed by atoms with van der Waals surface area (Å²) in [7, 11) is 1.65. The van der Waals surface area contributed by atoms with E-state index >= 15 is 0 Å². The molecular weight excluding hydrogens is 396 g/mol. The lowest BCUT2D eigenvalue weighted by molar-refractivity contribution is -0.113. The van der Waals surface area contributed by atoms with Crippen molar-refractivity contribution in [2.45, 2.75) is 31.8 Å². The average molecular weight is 421 g/mol. The Morgan fingerprint density at radius 2 is 1.90 bits per heavy atom. The van der Waals surface area contributed by atoms with Crippen LogP contribution < -0.4 is 10.1 Å². The molecule has 30 heavy (non-hydrogen) atoms. The summed E-state index contributed by atoms with van der Waals surface area (Å²) >= 11 is 1.36. The maximum Gasteiger partial charge on any atom is 0.234 e. The molecule has 0 aliphatic carbocycles. The second-order valence-corrected chi connectivity index (χ2v) is 8.44. The van der Waals surface area contributed by atoms with Crippen LogP contribution in [0.2, 0.25) is 0 Å². The van der Waals surface area contributed by atoms with Crippen LogP contribution >= 0.6 is 11.8 Å². The van der Waals surface area contributed by atoms with Crippen LogP contribution in [0, 0.1) is 6.92 Å². The molecular formula is C23H24N4O2S. The molecule has 4 aromatic rings. The molecule has 2 aromatic heterocycles. The number of carbonyl (C=O) groups excluding carboxylic acids is 1. The van der Waals surface area contributed by atoms with Gasteiger partial charge in [-0.15, -0.1) is 10.2 Å². The van der Waals surface area contributed by atoms with Gasteiger partial charge in [0.2, 0.25) is 5.91 Å². The van der Waals surface area contributed by atoms with Crippen LogP contribution in [0.1, 0.15) is 30.9 Å². The van der Waals surface area contributed by atoms with Gasteiger partial charge in [-0.1, -0.05) is 37.7 Å². The summed E-state index contributed by atoms with van der Waals surface area (Å²) in [5.41, 5.74) is 4.87. The Kier molecular flexibility index (Phi) is 5.63. The van der Waals surface area contributed by atoms with Crippen molar-refractivity contribution >= 4 is 39.9 Å². The number of carbonyl (C=O) groups is 1. The summed E-state index contributed by atoms with van der Waals surface area (Å²) in [5.74, 6) is 1.39. The van der Waals surface area contributed by atoms with E-state index in [4.69, 9.17) is 4.74 Å². The smallest absolute Gasteiger partial charge is 0.234 e. The molecule has 0 saturated heterocycles. The molecule has 0 aliphatic heterocycles. The molecule has 1 N–H and O–H groups in total. The molecule has 0 bridgehead atoms. The zero-order valence-corrected chi connectivity index (χ0v) is 18.3. The monoisotopic (exact) mass is 420 g/mol. The SMILES string of the molecule is COc1ccc2c(C)cc3nnc(SCC(=O)Nc4ccc(C(C)C)cc4)n3c2c1. The standard InChI is InChI=1S/C23H24N4O2S/c1-14(2)16-5-7-17(8-6-16)24-22(28)13-30-23-26-25-21-11-15(3)19-10-9-18(29-4)12-20(19)27(21)23/h5-12,14H,13H2,1-4H3,(H,24,28). The van der Waals surface area contributed by atoms with Gasteiger partial charge in [0.1, 0.15) is 5.75 Å². The molecule has 6 nitrogen and oxygen atoms in total. The summed E-state index contributed by atoms with van der Waals surface area (Å²) in [6.07, 6.45) is 0. The Bertz CT molecular complexity index is 1220. The predicted octanol–water partition coefficient (Wildman–Crippen LogP) is 5.05. The van der Waals surface area contributed by atoms with Gasteiger partial charge in [0.15, 0.2) is 10.8 Å². The molecule has 4 rings (SSSR count). The third-order valence-corrected chi connectivity index (χ3v) is 6.00. The summed E-state index contributed by atoms with van der Waals surface area (Å²) in [6.45, 7) is 6.34. The molecule has 0 radical (unpaired) electrons. The van der Waals surface area contributed by atoms with E-state index < -0.39 is 0 Å². The fourth-order valence-electron chi connectivity index (χ4n) is 3.40. The summed E-state index contributed by atoms with van der Waals surface area (Å²) in [4.78, 5) is 12.5. The Labute approximate surface area is 179 Å². The Morgan fingerprint density at radius 1 is 1.13 bits per heavy atom. The minimum atomic E-state index is -0.0805. The fourth-order valence-corrected chi connectivity index (χ4v) is 4.15. The lowest BCUT2D eigenvalue weighted by Gasteiger charge is -2.10. The maximum atomic E-state index is 12.5. The second kappa shape index (κ2) is 8.36. The number of rotatable bonds is 6. The first-order valence-electron chi connectivity index (χ1n) is 9.81. The number of nitrogens with one attached hydrogen (secondary N) is 1. The lowest BCUT2D eigenvalue weighted by atomic mass is 10.0. The Balaban J connectivity index is 1.55. The zero-order chi connectivity index (χ0) is 21.3. The van der Waals surface area contributed by atoms with E-state index in [0.29, 0.717) is 11.1 Å². The summed E-state index contributed by atoms with van der Waals surface area (Å²) in [6, 6.07) is 15.9. The number of ether oxygens (including phenoxy) is 1. The first kappa shape index (κ1) is 20.2. The van der Waals surface area contributed by atoms with Crippen LogP contribution in [0.5, 0.6) is 5.75 Å². The van der Waals surface area contributed by atoms with Crippen LogP contribution in [0.4, 0.5) is 5.69 Å². The quantitative estimate of drug-likeness (QED) is 0.442. The molecule has 2 aromatic carbocycles. The highest BCUT2D eigenvalue weighted by Gasteiger charge is 2.14. The number of aryl methyl sites for hydroxylation is 1. The van der Waals surface area contributed by atoms with Crippen molar-refractivity contribution in [1.29, 1.82) is 0 Å². The molecule has 0 aliphatic rings. The highest BCUT2D eigenvalue weighted by molar-refractivity contribution is 7.99. The van der Waals surface area contributed by atoms with Gasteiger partial charge in [-0.05, 0) is 54.3 Å². The van der Waals surface area contributed by atoms with E-state index in [2.05, 4.69) is 29.4 Å². The highest BCUT2D eigenvalue weighted by Crippen LogP contribution is 2.28. The first-order chi connectivity index (χ1) is 14.5. The number of aromatic nitrogens is 3. The van der Waals surface area contributed by atoms with Crippen LogP contribution in [0.15, 0.2) is 53.7 Å². The first-order valence-corrected chi connectivity index (χ1v) is 10.8. The normalized spacial score (nSPS) is 11.4. The summed E-state index contributed by atoms with van der Waals surface area (Å²) in [5, 5.41) is 13.3. The molecule has 7 heteroatoms. The molecule has 0 unspecified atom stereocenters. The van der Waals surface area contributed by atoms with Crippen LogP contribution in [0.3, 0.4) is 0 Å². The van der Waals surface area contributed by atoms with Gasteiger partial charge in [-0.25, -0.2) is 0 Å². The number of benzene rings is 2. The topological polar surface area (TPSA) is 68.5 Å². The number of hydrogen-bond acceptors (Lipinski definition) is 5. The third-order valence-electron chi connectivity index (χ3n) is 5.07. The van der Waals surface area contributed by atoms with Crippen molar-refractivity contribution in [3.8, 4) is 5.75 Å². The van der Waals surface area contributed by atoms with Crippen molar-refractivity contribution in [2.75, 3.05) is 18.2 Å². The Morgan fingerprint density at radius 3 is 2.60 bits per heavy atom. The third kappa shape index (κ3) is 3.98. The lowest BCUT2D eigenvalue weighted by Crippen LogP contribution is -2.14. The van der Waals surface area contributed by atoms with Crippen molar-refractivity contribution < 1.29 is 9.53 Å². The van der Waals surface area contributed by atoms with E-state index in [-0.39, 0.29) is 11.7 Å². The molecule has 154 valence electrons. The maximum absolute atomic E-state index is 12.5. The van der Waals surface area contributed by atoms with E-state index in [9.17, 15) is 4.79 Å². The average Bonchev–Trinajstić information content (AvgIpc) is 3.15. The number of anilines is 1. The second-order valence-electron chi connectivity index (χ2n) is 7.50. The van der Waals surface area contributed by atoms with Crippen molar-refractivity contribution in [1.82, 2.24) is 14.6 Å². The minimum Gasteiger partial charge on any atom is -0.497 e. The van der Waals surface area contributed by atoms with Gasteiger partial charge in [-0.3, -0.25) is 9.20 Å². The molecule has 0 fully saturated rings. The van der Waals surface area contributed by atoms with Gasteiger partial charge in [0.05, 0.1) is 18.4 Å². The van der Waals surface area contributed by atoms with Gasteiger partial charge in [0, 0.05) is 17.1 Å². The highest BCUT2D eigenvalue weighted by atomic mass is 32.2. The van der Waals surface area contributed by atoms with Crippen molar-refractivity contribution in [2.24, 2.45) is 0 Å². The van der Waals surface area contributed by atoms with E-state index in [1.54, 1.807) is 7.11 Å². The van der Waals surface area contributed by atoms with Crippen LogP contribution in [0.25, 0.3) is 16.6 Å². The van der Waals surface area contributed by atoms with E-state index in [0.717, 1.165) is 33.6 Å². The molecule has 0 saturated carbocycles. The Hall–Kier alpha value is -3.06. The number of hydrogen-bond donors (Lipinski definition) is 1. The number of methoxy groups -OCH3 is 1. The number of fused-ring (bicyclic) bond motifs is 3. The minimum absolute atomic E-state index is 0.0805. The van der Waals surface area contributed by atoms with Gasteiger partial charge < -0.3 is 10.1 Å². The summed E-state index contributed by atoms with van der Waals surface area (Å²) < 4.78 is 7.36. The molecule has 0 spiro atoms. The fraction of sp³-hybridized carbons (Fsp3) is 0.261. The van der Waals surface area contributed by atoms with Gasteiger partial charge >= 0.3 is 0 Å². The van der Waals surface area contributed by atoms with Gasteiger partial charge in [0.25, 0.3) is 0 Å². The zero-order valence-electron chi connectivity index (χ0n) is 17.5. The number of amides is 1. The van der Waals surface area contributed by atoms with Crippen molar-refractivity contribution in [3.05, 3.63) is 59.7 Å². The number of nitrogens with zero attached hydrogens (tertiary/aromatic N) is 3. The van der Waals surface area contributed by atoms with E-state index in [1.165, 1.54) is 17.3 Å². The van der Waals surface area contributed by atoms with Gasteiger partial charge in [-0.2, -0.15) is 0 Å². The van der Waals surface area contributed by atoms with E-state index in [1.807, 2.05) is 59.9 Å².